The second-order valence-electron chi connectivity index (χ2n) is 13.7. The van der Waals surface area contributed by atoms with Gasteiger partial charge in [0.05, 0.1) is 93.0 Å². The maximum atomic E-state index is 14.8. The van der Waals surface area contributed by atoms with Gasteiger partial charge in [-0.05, 0) is 128 Å². The summed E-state index contributed by atoms with van der Waals surface area (Å²) in [4.78, 5) is 0. The van der Waals surface area contributed by atoms with Crippen LogP contribution in [-0.4, -0.2) is 39.6 Å². The molecule has 0 aliphatic carbocycles. The third-order valence-corrected chi connectivity index (χ3v) is 15.4. The van der Waals surface area contributed by atoms with Crippen LogP contribution < -0.4 is 0 Å². The van der Waals surface area contributed by atoms with Crippen LogP contribution in [0.1, 0.15) is 108 Å². The zero-order valence-electron chi connectivity index (χ0n) is 36.6. The van der Waals surface area contributed by atoms with Crippen LogP contribution in [0.2, 0.25) is 0 Å². The van der Waals surface area contributed by atoms with Crippen molar-refractivity contribution in [1.82, 2.24) is 0 Å². The molecule has 0 saturated carbocycles. The van der Waals surface area contributed by atoms with Crippen LogP contribution in [-0.2, 0) is 59.3 Å². The Bertz CT molecular complexity index is 2200. The van der Waals surface area contributed by atoms with Gasteiger partial charge in [-0.25, -0.2) is 0 Å². The summed E-state index contributed by atoms with van der Waals surface area (Å²) in [6.45, 7) is 10.8. The Labute approximate surface area is 372 Å². The van der Waals surface area contributed by atoms with Crippen molar-refractivity contribution in [3.63, 3.8) is 0 Å². The first-order valence-corrected chi connectivity index (χ1v) is 25.9. The van der Waals surface area contributed by atoms with E-state index < -0.39 is 22.8 Å². The van der Waals surface area contributed by atoms with E-state index in [9.17, 15) is 29.5 Å². The lowest BCUT2D eigenvalue weighted by Gasteiger charge is -2.28. The highest BCUT2D eigenvalue weighted by molar-refractivity contribution is 7.53. The maximum Gasteiger partial charge on any atom is 0.335 e. The first-order chi connectivity index (χ1) is 30.3. The molecule has 0 heterocycles. The molecule has 4 rings (SSSR count). The molecule has 0 aliphatic rings. The minimum absolute atomic E-state index is 0.0724. The van der Waals surface area contributed by atoms with Crippen molar-refractivity contribution in [2.45, 2.75) is 60.0 Å². The molecule has 0 atom stereocenters. The highest BCUT2D eigenvalue weighted by Crippen LogP contribution is 2.59. The summed E-state index contributed by atoms with van der Waals surface area (Å²) in [6.07, 6.45) is 10.1. The summed E-state index contributed by atoms with van der Waals surface area (Å²) in [5, 5.41) is 28.5. The first kappa shape index (κ1) is 50.7. The monoisotopic (exact) mass is 909 g/mol. The second kappa shape index (κ2) is 24.8. The van der Waals surface area contributed by atoms with Crippen LogP contribution in [0.3, 0.4) is 0 Å². The van der Waals surface area contributed by atoms with Crippen LogP contribution >= 0.6 is 22.8 Å². The minimum atomic E-state index is -3.93. The number of rotatable bonds is 24. The van der Waals surface area contributed by atoms with Gasteiger partial charge in [0.2, 0.25) is 0 Å². The number of nitrogens with zero attached hydrogens (tertiary/aromatic N) is 3. The van der Waals surface area contributed by atoms with Gasteiger partial charge in [-0.15, -0.1) is 0 Å². The summed E-state index contributed by atoms with van der Waals surface area (Å²) in [6, 6.07) is 27.3. The molecule has 0 spiro atoms. The summed E-state index contributed by atoms with van der Waals surface area (Å²) in [7, 11) is -11.8. The van der Waals surface area contributed by atoms with Gasteiger partial charge in [-0.1, -0.05) is 72.9 Å². The van der Waals surface area contributed by atoms with Crippen LogP contribution in [0.5, 0.6) is 0 Å². The smallest absolute Gasteiger partial charge is 0.309 e. The fraction of sp³-hybridized carbons (Fsp3) is 0.312. The molecule has 12 nitrogen and oxygen atoms in total. The van der Waals surface area contributed by atoms with E-state index in [1.165, 1.54) is 0 Å². The Balaban J connectivity index is 2.34. The lowest BCUT2D eigenvalue weighted by atomic mass is 9.86. The molecule has 0 radical (unpaired) electrons. The van der Waals surface area contributed by atoms with Crippen molar-refractivity contribution in [3.8, 4) is 18.2 Å². The minimum Gasteiger partial charge on any atom is -0.309 e. The number of hydrogen-bond acceptors (Lipinski definition) is 12. The molecule has 63 heavy (non-hydrogen) atoms. The zero-order chi connectivity index (χ0) is 45.9. The molecule has 330 valence electrons. The topological polar surface area (TPSA) is 178 Å². The molecular weight excluding hydrogens is 855 g/mol. The van der Waals surface area contributed by atoms with Gasteiger partial charge in [-0.3, -0.25) is 13.7 Å². The standard InChI is InChI=1S/C48H54N3O9P3/c1-7-55-61(52,56-8-2)34-46-43(28-25-37-13-19-40(31-49)20-14-37)47(35-62(53,57-9-3)58-10-4)45(30-27-39-17-23-42(33-51)24-18-39)48(36-63(54,59-11-5)60-12-6)44(46)29-26-38-15-21-41(32-50)22-16-38/h13-30H,7-12,34-36H2,1-6H3/b28-25+,29-26+,30-27+. The highest BCUT2D eigenvalue weighted by atomic mass is 31.2. The van der Waals surface area contributed by atoms with E-state index in [0.29, 0.717) is 50.1 Å². The summed E-state index contributed by atoms with van der Waals surface area (Å²) < 4.78 is 80.1. The second-order valence-corrected chi connectivity index (χ2v) is 19.9. The number of benzene rings is 4. The predicted molar refractivity (Wildman–Crippen MR) is 250 cm³/mol. The molecule has 0 aromatic heterocycles. The molecule has 4 aromatic carbocycles. The summed E-state index contributed by atoms with van der Waals surface area (Å²) in [5.41, 5.74) is 6.43. The fourth-order valence-electron chi connectivity index (χ4n) is 6.79. The van der Waals surface area contributed by atoms with Crippen LogP contribution in [0.4, 0.5) is 0 Å². The van der Waals surface area contributed by atoms with E-state index >= 15 is 0 Å². The van der Waals surface area contributed by atoms with Crippen LogP contribution in [0.15, 0.2) is 72.8 Å². The predicted octanol–water partition coefficient (Wildman–Crippen LogP) is 13.1. The Morgan fingerprint density at radius 3 is 0.762 bits per heavy atom. The quantitative estimate of drug-likeness (QED) is 0.0480. The zero-order valence-corrected chi connectivity index (χ0v) is 39.3. The molecule has 0 unspecified atom stereocenters. The Hall–Kier alpha value is -4.98. The average molecular weight is 910 g/mol. The van der Waals surface area contributed by atoms with E-state index in [1.54, 1.807) is 114 Å². The lowest BCUT2D eigenvalue weighted by molar-refractivity contribution is 0.218. The largest absolute Gasteiger partial charge is 0.335 e. The summed E-state index contributed by atoms with van der Waals surface area (Å²) >= 11 is 0. The van der Waals surface area contributed by atoms with Crippen molar-refractivity contribution in [2.75, 3.05) is 39.6 Å². The van der Waals surface area contributed by atoms with Gasteiger partial charge < -0.3 is 27.1 Å². The van der Waals surface area contributed by atoms with E-state index in [-0.39, 0.29) is 58.1 Å². The maximum absolute atomic E-state index is 14.8. The molecule has 0 N–H and O–H groups in total. The fourth-order valence-corrected chi connectivity index (χ4v) is 12.1. The number of nitriles is 3. The third kappa shape index (κ3) is 14.5. The molecule has 0 aliphatic heterocycles. The van der Waals surface area contributed by atoms with Crippen molar-refractivity contribution >= 4 is 59.2 Å². The molecule has 0 bridgehead atoms. The Morgan fingerprint density at radius 2 is 0.587 bits per heavy atom. The van der Waals surface area contributed by atoms with Crippen molar-refractivity contribution in [3.05, 3.63) is 140 Å². The van der Waals surface area contributed by atoms with Gasteiger partial charge in [0.25, 0.3) is 0 Å². The summed E-state index contributed by atoms with van der Waals surface area (Å²) in [5.74, 6) is 0. The van der Waals surface area contributed by atoms with Gasteiger partial charge in [0, 0.05) is 0 Å². The van der Waals surface area contributed by atoms with Gasteiger partial charge in [-0.2, -0.15) is 15.8 Å². The van der Waals surface area contributed by atoms with Gasteiger partial charge in [0.1, 0.15) is 0 Å². The Kier molecular flexibility index (Phi) is 19.9. The molecule has 4 aromatic rings. The molecular formula is C48H54N3O9P3. The van der Waals surface area contributed by atoms with Crippen LogP contribution in [0.25, 0.3) is 36.5 Å². The highest BCUT2D eigenvalue weighted by Gasteiger charge is 2.36. The average Bonchev–Trinajstić information content (AvgIpc) is 3.26. The van der Waals surface area contributed by atoms with E-state index in [1.807, 2.05) is 36.5 Å². The number of hydrogen-bond donors (Lipinski definition) is 0. The van der Waals surface area contributed by atoms with Crippen LogP contribution in [0, 0.1) is 34.0 Å². The Morgan fingerprint density at radius 1 is 0.381 bits per heavy atom. The first-order valence-electron chi connectivity index (χ1n) is 20.7. The van der Waals surface area contributed by atoms with E-state index in [4.69, 9.17) is 27.1 Å². The molecule has 0 amide bonds. The molecule has 15 heteroatoms. The van der Waals surface area contributed by atoms with Crippen molar-refractivity contribution < 1.29 is 40.8 Å². The normalized spacial score (nSPS) is 12.2. The van der Waals surface area contributed by atoms with Crippen molar-refractivity contribution in [1.29, 1.82) is 15.8 Å². The SMILES string of the molecule is CCOP(=O)(Cc1c(/C=C/c2ccc(C#N)cc2)c(CP(=O)(OCC)OCC)c(/C=C/c2ccc(C#N)cc2)c(CP(=O)(OCC)OCC)c1/C=C/c1ccc(C#N)cc1)OCC. The molecule has 0 fully saturated rings. The third-order valence-electron chi connectivity index (χ3n) is 9.41. The van der Waals surface area contributed by atoms with Gasteiger partial charge in [0.15, 0.2) is 0 Å². The van der Waals surface area contributed by atoms with E-state index in [0.717, 1.165) is 16.7 Å². The molecule has 0 saturated heterocycles. The van der Waals surface area contributed by atoms with E-state index in [2.05, 4.69) is 18.2 Å². The lowest BCUT2D eigenvalue weighted by Crippen LogP contribution is -2.12. The van der Waals surface area contributed by atoms with Gasteiger partial charge >= 0.3 is 22.8 Å². The van der Waals surface area contributed by atoms with Crippen molar-refractivity contribution in [2.24, 2.45) is 0 Å².